The van der Waals surface area contributed by atoms with Gasteiger partial charge in [-0.1, -0.05) is 17.7 Å². The summed E-state index contributed by atoms with van der Waals surface area (Å²) in [5.41, 5.74) is 2.96. The molecule has 4 rings (SSSR count). The highest BCUT2D eigenvalue weighted by Crippen LogP contribution is 2.40. The molecule has 0 N–H and O–H groups in total. The Kier molecular flexibility index (Phi) is 5.25. The lowest BCUT2D eigenvalue weighted by molar-refractivity contribution is 0.305. The first-order valence-corrected chi connectivity index (χ1v) is 10.4. The van der Waals surface area contributed by atoms with Crippen LogP contribution in [0.15, 0.2) is 60.0 Å². The van der Waals surface area contributed by atoms with Crippen LogP contribution in [0.2, 0.25) is 5.02 Å². The van der Waals surface area contributed by atoms with Crippen molar-refractivity contribution in [3.8, 4) is 26.8 Å². The summed E-state index contributed by atoms with van der Waals surface area (Å²) in [5, 5.41) is 3.61. The summed E-state index contributed by atoms with van der Waals surface area (Å²) in [5.74, 6) is 0.446. The number of hydrogen-bond acceptors (Lipinski definition) is 4. The van der Waals surface area contributed by atoms with Crippen LogP contribution < -0.4 is 4.74 Å². The highest BCUT2D eigenvalue weighted by atomic mass is 35.5. The summed E-state index contributed by atoms with van der Waals surface area (Å²) in [6.45, 7) is 2.42. The molecule has 0 bridgehead atoms. The Morgan fingerprint density at radius 1 is 1.11 bits per heavy atom. The first kappa shape index (κ1) is 18.2. The zero-order valence-electron chi connectivity index (χ0n) is 14.4. The molecule has 4 aromatic rings. The Morgan fingerprint density at radius 3 is 2.63 bits per heavy atom. The van der Waals surface area contributed by atoms with Crippen LogP contribution in [-0.4, -0.2) is 4.98 Å². The summed E-state index contributed by atoms with van der Waals surface area (Å²) in [6, 6.07) is 15.9. The molecule has 2 aromatic carbocycles. The van der Waals surface area contributed by atoms with Gasteiger partial charge in [-0.3, -0.25) is 0 Å². The maximum Gasteiger partial charge on any atom is 0.140 e. The fraction of sp³-hybridized carbons (Fsp3) is 0.0952. The Balaban J connectivity index is 1.67. The number of aryl methyl sites for hydroxylation is 1. The van der Waals surface area contributed by atoms with Crippen molar-refractivity contribution in [2.45, 2.75) is 13.5 Å². The van der Waals surface area contributed by atoms with Crippen molar-refractivity contribution in [3.63, 3.8) is 0 Å². The van der Waals surface area contributed by atoms with Gasteiger partial charge in [-0.15, -0.1) is 22.7 Å². The molecule has 136 valence electrons. The Hall–Kier alpha value is -2.21. The molecule has 0 radical (unpaired) electrons. The first-order chi connectivity index (χ1) is 13.1. The molecular formula is C21H15ClFNOS2. The molecule has 0 fully saturated rings. The maximum absolute atomic E-state index is 13.3. The Bertz CT molecular complexity index is 1070. The topological polar surface area (TPSA) is 22.1 Å². The lowest BCUT2D eigenvalue weighted by atomic mass is 10.1. The zero-order valence-corrected chi connectivity index (χ0v) is 16.8. The standard InChI is InChI=1S/C21H15ClFNOS2/c1-13-9-18(26-12-13)21-20(14-5-7-16(23)8-6-14)24-19(27-21)11-25-17-4-2-3-15(22)10-17/h2-10,12H,11H2,1H3. The number of ether oxygens (including phenoxy) is 1. The monoisotopic (exact) mass is 415 g/mol. The molecule has 0 saturated heterocycles. The predicted octanol–water partition coefficient (Wildman–Crippen LogP) is 7.22. The van der Waals surface area contributed by atoms with Crippen LogP contribution in [0.3, 0.4) is 0 Å². The van der Waals surface area contributed by atoms with Gasteiger partial charge in [0, 0.05) is 15.5 Å². The average Bonchev–Trinajstić information content (AvgIpc) is 3.27. The van der Waals surface area contributed by atoms with Gasteiger partial charge in [0.05, 0.1) is 10.6 Å². The van der Waals surface area contributed by atoms with Crippen LogP contribution in [0, 0.1) is 12.7 Å². The van der Waals surface area contributed by atoms with Gasteiger partial charge in [-0.2, -0.15) is 0 Å². The van der Waals surface area contributed by atoms with Crippen molar-refractivity contribution >= 4 is 34.3 Å². The molecular weight excluding hydrogens is 401 g/mol. The molecule has 0 amide bonds. The number of halogens is 2. The third kappa shape index (κ3) is 4.21. The molecule has 0 saturated carbocycles. The minimum atomic E-state index is -0.257. The highest BCUT2D eigenvalue weighted by Gasteiger charge is 2.17. The minimum absolute atomic E-state index is 0.257. The summed E-state index contributed by atoms with van der Waals surface area (Å²) in [4.78, 5) is 7.00. The maximum atomic E-state index is 13.3. The van der Waals surface area contributed by atoms with Crippen LogP contribution in [-0.2, 0) is 6.61 Å². The number of aromatic nitrogens is 1. The van der Waals surface area contributed by atoms with Gasteiger partial charge in [-0.05, 0) is 66.4 Å². The number of hydrogen-bond donors (Lipinski definition) is 0. The molecule has 0 spiro atoms. The van der Waals surface area contributed by atoms with Gasteiger partial charge in [0.25, 0.3) is 0 Å². The molecule has 0 unspecified atom stereocenters. The molecule has 2 aromatic heterocycles. The van der Waals surface area contributed by atoms with Crippen LogP contribution in [0.25, 0.3) is 21.0 Å². The SMILES string of the molecule is Cc1csc(-c2sc(COc3cccc(Cl)c3)nc2-c2ccc(F)cc2)c1. The van der Waals surface area contributed by atoms with Gasteiger partial charge in [0.2, 0.25) is 0 Å². The fourth-order valence-corrected chi connectivity index (χ4v) is 4.85. The van der Waals surface area contributed by atoms with E-state index in [0.29, 0.717) is 17.4 Å². The zero-order chi connectivity index (χ0) is 18.8. The predicted molar refractivity (Wildman–Crippen MR) is 111 cm³/mol. The second kappa shape index (κ2) is 7.80. The molecule has 27 heavy (non-hydrogen) atoms. The summed E-state index contributed by atoms with van der Waals surface area (Å²) >= 11 is 9.29. The van der Waals surface area contributed by atoms with Crippen LogP contribution in [0.1, 0.15) is 10.6 Å². The number of benzene rings is 2. The normalized spacial score (nSPS) is 10.9. The Morgan fingerprint density at radius 2 is 1.93 bits per heavy atom. The third-order valence-corrected chi connectivity index (χ3v) is 6.39. The van der Waals surface area contributed by atoms with E-state index < -0.39 is 0 Å². The van der Waals surface area contributed by atoms with Crippen molar-refractivity contribution in [1.29, 1.82) is 0 Å². The van der Waals surface area contributed by atoms with Gasteiger partial charge < -0.3 is 4.74 Å². The van der Waals surface area contributed by atoms with Crippen molar-refractivity contribution in [3.05, 3.63) is 81.4 Å². The Labute approximate surface area is 169 Å². The second-order valence-electron chi connectivity index (χ2n) is 6.03. The van der Waals surface area contributed by atoms with E-state index in [4.69, 9.17) is 21.3 Å². The van der Waals surface area contributed by atoms with E-state index in [2.05, 4.69) is 18.4 Å². The summed E-state index contributed by atoms with van der Waals surface area (Å²) < 4.78 is 19.2. The lowest BCUT2D eigenvalue weighted by Gasteiger charge is -2.03. The van der Waals surface area contributed by atoms with E-state index in [-0.39, 0.29) is 5.82 Å². The van der Waals surface area contributed by atoms with Gasteiger partial charge in [0.15, 0.2) is 0 Å². The molecule has 2 heterocycles. The van der Waals surface area contributed by atoms with E-state index in [1.165, 1.54) is 17.7 Å². The van der Waals surface area contributed by atoms with E-state index in [0.717, 1.165) is 26.0 Å². The number of thiophene rings is 1. The van der Waals surface area contributed by atoms with Crippen LogP contribution >= 0.6 is 34.3 Å². The molecule has 0 aliphatic rings. The van der Waals surface area contributed by atoms with Gasteiger partial charge in [-0.25, -0.2) is 9.37 Å². The van der Waals surface area contributed by atoms with Gasteiger partial charge >= 0.3 is 0 Å². The van der Waals surface area contributed by atoms with E-state index in [9.17, 15) is 4.39 Å². The van der Waals surface area contributed by atoms with Crippen molar-refractivity contribution in [1.82, 2.24) is 4.98 Å². The second-order valence-corrected chi connectivity index (χ2v) is 8.46. The largest absolute Gasteiger partial charge is 0.486 e. The summed E-state index contributed by atoms with van der Waals surface area (Å²) in [6.07, 6.45) is 0. The third-order valence-electron chi connectivity index (χ3n) is 3.90. The number of rotatable bonds is 5. The van der Waals surface area contributed by atoms with Gasteiger partial charge in [0.1, 0.15) is 23.2 Å². The molecule has 2 nitrogen and oxygen atoms in total. The van der Waals surface area contributed by atoms with E-state index in [1.54, 1.807) is 40.9 Å². The smallest absolute Gasteiger partial charge is 0.140 e. The molecule has 0 aliphatic carbocycles. The highest BCUT2D eigenvalue weighted by molar-refractivity contribution is 7.21. The number of nitrogens with zero attached hydrogens (tertiary/aromatic N) is 1. The van der Waals surface area contributed by atoms with Crippen LogP contribution in [0.5, 0.6) is 5.75 Å². The van der Waals surface area contributed by atoms with Crippen molar-refractivity contribution in [2.24, 2.45) is 0 Å². The summed E-state index contributed by atoms with van der Waals surface area (Å²) in [7, 11) is 0. The molecule has 0 aliphatic heterocycles. The van der Waals surface area contributed by atoms with Crippen LogP contribution in [0.4, 0.5) is 4.39 Å². The van der Waals surface area contributed by atoms with E-state index >= 15 is 0 Å². The molecule has 0 atom stereocenters. The van der Waals surface area contributed by atoms with Crippen molar-refractivity contribution < 1.29 is 9.13 Å². The minimum Gasteiger partial charge on any atom is -0.486 e. The van der Waals surface area contributed by atoms with E-state index in [1.807, 2.05) is 18.2 Å². The lowest BCUT2D eigenvalue weighted by Crippen LogP contribution is -1.94. The van der Waals surface area contributed by atoms with Crippen molar-refractivity contribution in [2.75, 3.05) is 0 Å². The quantitative estimate of drug-likeness (QED) is 0.343. The first-order valence-electron chi connectivity index (χ1n) is 8.28. The number of thiazole rings is 1. The fourth-order valence-electron chi connectivity index (χ4n) is 2.65. The average molecular weight is 416 g/mol. The molecule has 6 heteroatoms.